The van der Waals surface area contributed by atoms with E-state index in [4.69, 9.17) is 0 Å². The average Bonchev–Trinajstić information content (AvgIpc) is 2.92. The summed E-state index contributed by atoms with van der Waals surface area (Å²) in [6.45, 7) is 5.11. The zero-order valence-electron chi connectivity index (χ0n) is 13.2. The van der Waals surface area contributed by atoms with Crippen molar-refractivity contribution in [1.29, 1.82) is 0 Å². The molecular weight excluding hydrogens is 280 g/mol. The number of nitrogens with one attached hydrogen (secondary N) is 2. The van der Waals surface area contributed by atoms with Crippen molar-refractivity contribution in [2.45, 2.75) is 50.8 Å². The molecule has 1 aliphatic carbocycles. The maximum atomic E-state index is 12.4. The van der Waals surface area contributed by atoms with E-state index >= 15 is 0 Å². The van der Waals surface area contributed by atoms with Crippen molar-refractivity contribution in [1.82, 2.24) is 5.32 Å². The van der Waals surface area contributed by atoms with E-state index in [1.165, 1.54) is 6.42 Å². The van der Waals surface area contributed by atoms with E-state index in [0.29, 0.717) is 11.3 Å². The molecule has 2 N–H and O–H groups in total. The molecule has 0 saturated heterocycles. The molecule has 0 aromatic heterocycles. The highest BCUT2D eigenvalue weighted by Crippen LogP contribution is 2.28. The summed E-state index contributed by atoms with van der Waals surface area (Å²) in [5.41, 5.74) is 2.92. The third-order valence-electron chi connectivity index (χ3n) is 4.10. The molecule has 1 aliphatic rings. The number of rotatable bonds is 6. The van der Waals surface area contributed by atoms with Gasteiger partial charge in [0.1, 0.15) is 0 Å². The van der Waals surface area contributed by atoms with E-state index in [1.54, 1.807) is 0 Å². The van der Waals surface area contributed by atoms with Gasteiger partial charge in [-0.2, -0.15) is 11.8 Å². The fraction of sp³-hybridized carbons (Fsp3) is 0.588. The predicted octanol–water partition coefficient (Wildman–Crippen LogP) is 3.83. The second-order valence-corrected chi connectivity index (χ2v) is 6.94. The van der Waals surface area contributed by atoms with Crippen molar-refractivity contribution in [3.63, 3.8) is 0 Å². The van der Waals surface area contributed by atoms with Crippen LogP contribution in [0, 0.1) is 6.92 Å². The van der Waals surface area contributed by atoms with E-state index in [1.807, 2.05) is 30.8 Å². The second-order valence-electron chi connectivity index (χ2n) is 5.80. The average molecular weight is 306 g/mol. The van der Waals surface area contributed by atoms with Crippen LogP contribution >= 0.6 is 11.8 Å². The topological polar surface area (TPSA) is 41.1 Å². The fourth-order valence-electron chi connectivity index (χ4n) is 2.85. The summed E-state index contributed by atoms with van der Waals surface area (Å²) in [5, 5.41) is 7.25. The lowest BCUT2D eigenvalue weighted by Crippen LogP contribution is -2.33. The van der Waals surface area contributed by atoms with Crippen molar-refractivity contribution < 1.29 is 4.79 Å². The Morgan fingerprint density at radius 1 is 1.38 bits per heavy atom. The van der Waals surface area contributed by atoms with E-state index in [0.717, 1.165) is 42.6 Å². The quantitative estimate of drug-likeness (QED) is 0.839. The fourth-order valence-corrected chi connectivity index (χ4v) is 3.64. The van der Waals surface area contributed by atoms with Crippen molar-refractivity contribution in [2.75, 3.05) is 18.1 Å². The number of hydrogen-bond acceptors (Lipinski definition) is 3. The summed E-state index contributed by atoms with van der Waals surface area (Å²) in [5.74, 6) is 0.0706. The minimum Gasteiger partial charge on any atom is -0.385 e. The summed E-state index contributed by atoms with van der Waals surface area (Å²) in [6, 6.07) is 6.33. The zero-order chi connectivity index (χ0) is 15.2. The maximum Gasteiger partial charge on any atom is 0.251 e. The van der Waals surface area contributed by atoms with Crippen molar-refractivity contribution >= 4 is 23.4 Å². The van der Waals surface area contributed by atoms with Crippen molar-refractivity contribution in [2.24, 2.45) is 0 Å². The van der Waals surface area contributed by atoms with Gasteiger partial charge in [0.15, 0.2) is 0 Å². The minimum atomic E-state index is 0.0706. The molecule has 0 radical (unpaired) electrons. The number of thioether (sulfide) groups is 1. The molecule has 1 fully saturated rings. The van der Waals surface area contributed by atoms with Gasteiger partial charge in [-0.1, -0.05) is 6.92 Å². The molecular formula is C17H26N2OS. The molecule has 2 unspecified atom stereocenters. The van der Waals surface area contributed by atoms with Gasteiger partial charge in [0.05, 0.1) is 0 Å². The van der Waals surface area contributed by atoms with Gasteiger partial charge in [-0.05, 0) is 62.6 Å². The van der Waals surface area contributed by atoms with Crippen molar-refractivity contribution in [3.05, 3.63) is 29.3 Å². The lowest BCUT2D eigenvalue weighted by atomic mass is 10.1. The highest BCUT2D eigenvalue weighted by Gasteiger charge is 2.25. The standard InChI is InChI=1S/C17H26N2OS/c1-4-9-18-13-6-8-16(12(2)10-13)17(20)19-14-5-7-15(11-14)21-3/h6,8,10,14-15,18H,4-5,7,9,11H2,1-3H3,(H,19,20). The van der Waals surface area contributed by atoms with Gasteiger partial charge < -0.3 is 10.6 Å². The molecule has 1 amide bonds. The molecule has 0 aliphatic heterocycles. The Balaban J connectivity index is 1.96. The van der Waals surface area contributed by atoms with Crippen LogP contribution in [0.25, 0.3) is 0 Å². The highest BCUT2D eigenvalue weighted by atomic mass is 32.2. The van der Waals surface area contributed by atoms with E-state index in [2.05, 4.69) is 29.9 Å². The number of benzene rings is 1. The summed E-state index contributed by atoms with van der Waals surface area (Å²) in [6.07, 6.45) is 6.67. The number of carbonyl (C=O) groups is 1. The Hall–Kier alpha value is -1.16. The summed E-state index contributed by atoms with van der Waals surface area (Å²) in [4.78, 5) is 12.4. The van der Waals surface area contributed by atoms with Crippen LogP contribution in [0.5, 0.6) is 0 Å². The first-order valence-corrected chi connectivity index (χ1v) is 9.11. The molecule has 1 saturated carbocycles. The molecule has 3 nitrogen and oxygen atoms in total. The number of amides is 1. The van der Waals surface area contributed by atoms with Crippen LogP contribution in [0.3, 0.4) is 0 Å². The van der Waals surface area contributed by atoms with Crippen LogP contribution in [-0.4, -0.2) is 30.0 Å². The van der Waals surface area contributed by atoms with E-state index in [-0.39, 0.29) is 5.91 Å². The smallest absolute Gasteiger partial charge is 0.251 e. The number of hydrogen-bond donors (Lipinski definition) is 2. The number of anilines is 1. The molecule has 0 heterocycles. The Labute approximate surface area is 132 Å². The molecule has 2 rings (SSSR count). The van der Waals surface area contributed by atoms with E-state index in [9.17, 15) is 4.79 Å². The van der Waals surface area contributed by atoms with Crippen LogP contribution in [0.2, 0.25) is 0 Å². The van der Waals surface area contributed by atoms with Crippen LogP contribution < -0.4 is 10.6 Å². The Morgan fingerprint density at radius 3 is 2.81 bits per heavy atom. The van der Waals surface area contributed by atoms with Crippen molar-refractivity contribution in [3.8, 4) is 0 Å². The van der Waals surface area contributed by atoms with Crippen LogP contribution in [-0.2, 0) is 0 Å². The molecule has 21 heavy (non-hydrogen) atoms. The monoisotopic (exact) mass is 306 g/mol. The summed E-state index contributed by atoms with van der Waals surface area (Å²) >= 11 is 1.91. The second kappa shape index (κ2) is 7.74. The largest absolute Gasteiger partial charge is 0.385 e. The van der Waals surface area contributed by atoms with Crippen LogP contribution in [0.4, 0.5) is 5.69 Å². The van der Waals surface area contributed by atoms with Gasteiger partial charge in [-0.25, -0.2) is 0 Å². The molecule has 1 aromatic carbocycles. The Bertz CT molecular complexity index is 490. The first kappa shape index (κ1) is 16.2. The molecule has 0 spiro atoms. The Kier molecular flexibility index (Phi) is 5.97. The summed E-state index contributed by atoms with van der Waals surface area (Å²) < 4.78 is 0. The van der Waals surface area contributed by atoms with Gasteiger partial charge in [-0.15, -0.1) is 0 Å². The first-order valence-electron chi connectivity index (χ1n) is 7.82. The van der Waals surface area contributed by atoms with Gasteiger partial charge in [-0.3, -0.25) is 4.79 Å². The third kappa shape index (κ3) is 4.40. The zero-order valence-corrected chi connectivity index (χ0v) is 14.1. The lowest BCUT2D eigenvalue weighted by Gasteiger charge is -2.15. The summed E-state index contributed by atoms with van der Waals surface area (Å²) in [7, 11) is 0. The van der Waals surface area contributed by atoms with Gasteiger partial charge >= 0.3 is 0 Å². The minimum absolute atomic E-state index is 0.0706. The molecule has 116 valence electrons. The number of aryl methyl sites for hydroxylation is 1. The lowest BCUT2D eigenvalue weighted by molar-refractivity contribution is 0.0937. The van der Waals surface area contributed by atoms with Crippen LogP contribution in [0.15, 0.2) is 18.2 Å². The highest BCUT2D eigenvalue weighted by molar-refractivity contribution is 7.99. The number of carbonyl (C=O) groups excluding carboxylic acids is 1. The normalized spacial score (nSPS) is 21.3. The van der Waals surface area contributed by atoms with Crippen LogP contribution in [0.1, 0.15) is 48.5 Å². The molecule has 1 aromatic rings. The molecule has 4 heteroatoms. The van der Waals surface area contributed by atoms with E-state index < -0.39 is 0 Å². The SMILES string of the molecule is CCCNc1ccc(C(=O)NC2CCC(SC)C2)c(C)c1. The maximum absolute atomic E-state index is 12.4. The van der Waals surface area contributed by atoms with Gasteiger partial charge in [0.2, 0.25) is 0 Å². The third-order valence-corrected chi connectivity index (χ3v) is 5.20. The Morgan fingerprint density at radius 2 is 2.19 bits per heavy atom. The molecule has 0 bridgehead atoms. The van der Waals surface area contributed by atoms with Gasteiger partial charge in [0.25, 0.3) is 5.91 Å². The molecule has 2 atom stereocenters. The van der Waals surface area contributed by atoms with Gasteiger partial charge in [0, 0.05) is 29.1 Å². The first-order chi connectivity index (χ1) is 10.1. The predicted molar refractivity (Wildman–Crippen MR) is 92.4 cm³/mol.